The Balaban J connectivity index is 2.10. The van der Waals surface area contributed by atoms with Gasteiger partial charge in [0.25, 0.3) is 0 Å². The van der Waals surface area contributed by atoms with Crippen LogP contribution >= 0.6 is 0 Å². The summed E-state index contributed by atoms with van der Waals surface area (Å²) >= 11 is 0. The third-order valence-electron chi connectivity index (χ3n) is 1.95. The van der Waals surface area contributed by atoms with Crippen LogP contribution in [0.1, 0.15) is 12.8 Å². The summed E-state index contributed by atoms with van der Waals surface area (Å²) in [6.45, 7) is 1.19. The number of hydrogen-bond acceptors (Lipinski definition) is 3. The fourth-order valence-corrected chi connectivity index (χ4v) is 1.25. The van der Waals surface area contributed by atoms with Gasteiger partial charge < -0.3 is 20.5 Å². The van der Waals surface area contributed by atoms with Crippen molar-refractivity contribution < 1.29 is 19.4 Å². The average molecular weight is 214 g/mol. The number of carbonyl (C=O) groups excluding carboxylic acids is 1. The highest BCUT2D eigenvalue weighted by Crippen LogP contribution is 2.10. The Morgan fingerprint density at radius 1 is 1.53 bits per heavy atom. The lowest BCUT2D eigenvalue weighted by atomic mass is 10.2. The number of carboxylic acid groups (broad SMARTS) is 1. The Kier molecular flexibility index (Phi) is 4.62. The molecule has 6 nitrogen and oxygen atoms in total. The molecule has 0 aromatic carbocycles. The van der Waals surface area contributed by atoms with E-state index in [9.17, 15) is 9.59 Å². The largest absolute Gasteiger partial charge is 0.478 e. The van der Waals surface area contributed by atoms with Crippen LogP contribution in [0.4, 0.5) is 4.79 Å². The maximum absolute atomic E-state index is 11.1. The van der Waals surface area contributed by atoms with Crippen LogP contribution in [0.25, 0.3) is 0 Å². The molecule has 1 unspecified atom stereocenters. The predicted octanol–water partition coefficient (Wildman–Crippen LogP) is 0.0629. The van der Waals surface area contributed by atoms with Crippen LogP contribution in [0.5, 0.6) is 0 Å². The lowest BCUT2D eigenvalue weighted by Gasteiger charge is -2.09. The first-order valence-electron chi connectivity index (χ1n) is 4.74. The molecule has 3 N–H and O–H groups in total. The molecule has 2 amide bonds. The third-order valence-corrected chi connectivity index (χ3v) is 1.95. The van der Waals surface area contributed by atoms with Crippen LogP contribution < -0.4 is 10.6 Å². The summed E-state index contributed by atoms with van der Waals surface area (Å²) in [7, 11) is 0. The number of nitrogens with one attached hydrogen (secondary N) is 2. The molecule has 1 atom stereocenters. The van der Waals surface area contributed by atoms with Crippen molar-refractivity contribution in [2.75, 3.05) is 13.2 Å². The van der Waals surface area contributed by atoms with E-state index in [-0.39, 0.29) is 6.10 Å². The first-order chi connectivity index (χ1) is 7.18. The first-order valence-corrected chi connectivity index (χ1v) is 4.74. The van der Waals surface area contributed by atoms with Gasteiger partial charge in [0.05, 0.1) is 6.10 Å². The number of urea groups is 1. The molecule has 0 bridgehead atoms. The van der Waals surface area contributed by atoms with E-state index in [0.29, 0.717) is 6.54 Å². The lowest BCUT2D eigenvalue weighted by Crippen LogP contribution is -2.37. The van der Waals surface area contributed by atoms with Crippen LogP contribution in [-0.4, -0.2) is 36.4 Å². The summed E-state index contributed by atoms with van der Waals surface area (Å²) in [4.78, 5) is 21.1. The highest BCUT2D eigenvalue weighted by atomic mass is 16.5. The van der Waals surface area contributed by atoms with Crippen molar-refractivity contribution in [1.82, 2.24) is 10.6 Å². The second-order valence-corrected chi connectivity index (χ2v) is 3.16. The molecular formula is C9H14N2O4. The van der Waals surface area contributed by atoms with Gasteiger partial charge in [-0.3, -0.25) is 0 Å². The van der Waals surface area contributed by atoms with Crippen LogP contribution in [0.15, 0.2) is 12.3 Å². The van der Waals surface area contributed by atoms with E-state index in [1.807, 2.05) is 0 Å². The molecule has 0 aromatic rings. The summed E-state index contributed by atoms with van der Waals surface area (Å²) in [5, 5.41) is 13.1. The fourth-order valence-electron chi connectivity index (χ4n) is 1.25. The topological polar surface area (TPSA) is 87.7 Å². The SMILES string of the molecule is O=C(O)/C=C/NC(=O)NCC1CCCO1. The number of hydrogen-bond donors (Lipinski definition) is 3. The molecule has 0 aliphatic carbocycles. The van der Waals surface area contributed by atoms with Gasteiger partial charge in [-0.2, -0.15) is 0 Å². The Hall–Kier alpha value is -1.56. The Labute approximate surface area is 87.3 Å². The first kappa shape index (κ1) is 11.5. The zero-order valence-electron chi connectivity index (χ0n) is 8.23. The zero-order valence-corrected chi connectivity index (χ0v) is 8.23. The van der Waals surface area contributed by atoms with E-state index >= 15 is 0 Å². The molecule has 15 heavy (non-hydrogen) atoms. The quantitative estimate of drug-likeness (QED) is 0.577. The van der Waals surface area contributed by atoms with Gasteiger partial charge in [-0.15, -0.1) is 0 Å². The number of ether oxygens (including phenoxy) is 1. The van der Waals surface area contributed by atoms with Crippen molar-refractivity contribution in [2.24, 2.45) is 0 Å². The van der Waals surface area contributed by atoms with Crippen molar-refractivity contribution in [1.29, 1.82) is 0 Å². The fraction of sp³-hybridized carbons (Fsp3) is 0.556. The predicted molar refractivity (Wildman–Crippen MR) is 52.3 cm³/mol. The normalized spacial score (nSPS) is 20.4. The molecule has 1 fully saturated rings. The van der Waals surface area contributed by atoms with Gasteiger partial charge in [0.2, 0.25) is 0 Å². The van der Waals surface area contributed by atoms with Crippen molar-refractivity contribution in [3.63, 3.8) is 0 Å². The van der Waals surface area contributed by atoms with Gasteiger partial charge in [-0.25, -0.2) is 9.59 Å². The molecule has 84 valence electrons. The minimum absolute atomic E-state index is 0.0826. The third kappa shape index (κ3) is 5.02. The van der Waals surface area contributed by atoms with E-state index in [1.54, 1.807) is 0 Å². The summed E-state index contributed by atoms with van der Waals surface area (Å²) in [6, 6.07) is -0.428. The maximum Gasteiger partial charge on any atom is 0.329 e. The highest BCUT2D eigenvalue weighted by Gasteiger charge is 2.15. The number of amides is 2. The molecule has 0 aromatic heterocycles. The van der Waals surface area contributed by atoms with Crippen LogP contribution in [-0.2, 0) is 9.53 Å². The van der Waals surface area contributed by atoms with Crippen LogP contribution in [0.3, 0.4) is 0 Å². The Morgan fingerprint density at radius 2 is 2.33 bits per heavy atom. The maximum atomic E-state index is 11.1. The minimum Gasteiger partial charge on any atom is -0.478 e. The monoisotopic (exact) mass is 214 g/mol. The highest BCUT2D eigenvalue weighted by molar-refractivity contribution is 5.81. The summed E-state index contributed by atoms with van der Waals surface area (Å²) in [5.74, 6) is -1.10. The Morgan fingerprint density at radius 3 is 2.93 bits per heavy atom. The Bertz CT molecular complexity index is 259. The van der Waals surface area contributed by atoms with Gasteiger partial charge in [0, 0.05) is 25.4 Å². The summed E-state index contributed by atoms with van der Waals surface area (Å²) in [6.07, 6.45) is 3.98. The molecule has 1 aliphatic heterocycles. The second-order valence-electron chi connectivity index (χ2n) is 3.16. The van der Waals surface area contributed by atoms with Gasteiger partial charge in [-0.1, -0.05) is 0 Å². The number of carbonyl (C=O) groups is 2. The average Bonchev–Trinajstić information content (AvgIpc) is 2.66. The number of carboxylic acids is 1. The van der Waals surface area contributed by atoms with E-state index in [0.717, 1.165) is 31.7 Å². The molecule has 1 aliphatic rings. The lowest BCUT2D eigenvalue weighted by molar-refractivity contribution is -0.131. The molecule has 1 heterocycles. The van der Waals surface area contributed by atoms with Gasteiger partial charge in [-0.05, 0) is 12.8 Å². The molecule has 1 saturated heterocycles. The van der Waals surface area contributed by atoms with Crippen LogP contribution in [0, 0.1) is 0 Å². The van der Waals surface area contributed by atoms with E-state index in [4.69, 9.17) is 9.84 Å². The zero-order chi connectivity index (χ0) is 11.1. The van der Waals surface area contributed by atoms with E-state index < -0.39 is 12.0 Å². The second kappa shape index (κ2) is 6.02. The smallest absolute Gasteiger partial charge is 0.329 e. The standard InChI is InChI=1S/C9H14N2O4/c12-8(13)3-4-10-9(14)11-6-7-2-1-5-15-7/h3-4,7H,1-2,5-6H2,(H,12,13)(H2,10,11,14)/b4-3+. The summed E-state index contributed by atoms with van der Waals surface area (Å²) in [5.41, 5.74) is 0. The van der Waals surface area contributed by atoms with Crippen molar-refractivity contribution >= 4 is 12.0 Å². The molecular weight excluding hydrogens is 200 g/mol. The van der Waals surface area contributed by atoms with Gasteiger partial charge in [0.1, 0.15) is 0 Å². The van der Waals surface area contributed by atoms with E-state index in [1.165, 1.54) is 0 Å². The number of rotatable bonds is 4. The van der Waals surface area contributed by atoms with E-state index in [2.05, 4.69) is 10.6 Å². The van der Waals surface area contributed by atoms with Crippen molar-refractivity contribution in [3.05, 3.63) is 12.3 Å². The van der Waals surface area contributed by atoms with Gasteiger partial charge >= 0.3 is 12.0 Å². The minimum atomic E-state index is -1.10. The van der Waals surface area contributed by atoms with Gasteiger partial charge in [0.15, 0.2) is 0 Å². The molecule has 0 spiro atoms. The molecule has 0 radical (unpaired) electrons. The number of aliphatic carboxylic acids is 1. The van der Waals surface area contributed by atoms with Crippen molar-refractivity contribution in [3.8, 4) is 0 Å². The molecule has 1 rings (SSSR count). The molecule has 6 heteroatoms. The molecule has 0 saturated carbocycles. The summed E-state index contributed by atoms with van der Waals surface area (Å²) < 4.78 is 5.29. The van der Waals surface area contributed by atoms with Crippen LogP contribution in [0.2, 0.25) is 0 Å². The van der Waals surface area contributed by atoms with Crippen molar-refractivity contribution in [2.45, 2.75) is 18.9 Å².